The first-order chi connectivity index (χ1) is 9.67. The van der Waals surface area contributed by atoms with Crippen LogP contribution < -0.4 is 5.32 Å². The van der Waals surface area contributed by atoms with Gasteiger partial charge in [0.15, 0.2) is 0 Å². The molecule has 2 atom stereocenters. The Kier molecular flexibility index (Phi) is 3.92. The van der Waals surface area contributed by atoms with Crippen molar-refractivity contribution >= 4 is 23.5 Å². The number of nitrogens with zero attached hydrogens (tertiary/aromatic N) is 1. The van der Waals surface area contributed by atoms with E-state index in [-0.39, 0.29) is 6.03 Å². The molecule has 4 heteroatoms. The summed E-state index contributed by atoms with van der Waals surface area (Å²) in [6.45, 7) is 2.04. The van der Waals surface area contributed by atoms with Crippen LogP contribution in [0, 0.1) is 6.92 Å². The number of thioether (sulfide) groups is 1. The van der Waals surface area contributed by atoms with Crippen LogP contribution in [0.1, 0.15) is 31.2 Å². The van der Waals surface area contributed by atoms with Gasteiger partial charge in [0, 0.05) is 23.0 Å². The maximum Gasteiger partial charge on any atom is 0.322 e. The third-order valence-corrected chi connectivity index (χ3v) is 5.58. The van der Waals surface area contributed by atoms with Gasteiger partial charge in [-0.3, -0.25) is 0 Å². The molecule has 2 fully saturated rings. The number of aryl methyl sites for hydroxylation is 1. The van der Waals surface area contributed by atoms with Crippen molar-refractivity contribution in [2.75, 3.05) is 11.6 Å². The molecule has 2 aliphatic heterocycles. The lowest BCUT2D eigenvalue weighted by atomic mass is 10.0. The van der Waals surface area contributed by atoms with Gasteiger partial charge in [0.05, 0.1) is 0 Å². The van der Waals surface area contributed by atoms with Gasteiger partial charge in [-0.1, -0.05) is 12.1 Å². The van der Waals surface area contributed by atoms with Crippen LogP contribution in [0.2, 0.25) is 0 Å². The quantitative estimate of drug-likeness (QED) is 0.896. The van der Waals surface area contributed by atoms with Crippen LogP contribution >= 0.6 is 11.8 Å². The molecule has 1 N–H and O–H groups in total. The van der Waals surface area contributed by atoms with Crippen molar-refractivity contribution < 1.29 is 4.79 Å². The van der Waals surface area contributed by atoms with E-state index in [0.29, 0.717) is 12.1 Å². The van der Waals surface area contributed by atoms with Crippen molar-refractivity contribution in [3.8, 4) is 0 Å². The molecule has 3 rings (SSSR count). The lowest BCUT2D eigenvalue weighted by Gasteiger charge is -2.38. The molecule has 0 aromatic heterocycles. The zero-order valence-electron chi connectivity index (χ0n) is 12.1. The Morgan fingerprint density at radius 3 is 2.60 bits per heavy atom. The number of amides is 2. The van der Waals surface area contributed by atoms with E-state index in [2.05, 4.69) is 16.5 Å². The van der Waals surface area contributed by atoms with E-state index in [1.807, 2.05) is 43.0 Å². The van der Waals surface area contributed by atoms with Crippen molar-refractivity contribution in [2.45, 2.75) is 49.9 Å². The zero-order chi connectivity index (χ0) is 14.1. The van der Waals surface area contributed by atoms with Gasteiger partial charge in [-0.2, -0.15) is 11.8 Å². The lowest BCUT2D eigenvalue weighted by Crippen LogP contribution is -2.49. The highest BCUT2D eigenvalue weighted by atomic mass is 32.2. The Morgan fingerprint density at radius 2 is 2.00 bits per heavy atom. The van der Waals surface area contributed by atoms with E-state index in [1.54, 1.807) is 0 Å². The van der Waals surface area contributed by atoms with E-state index in [4.69, 9.17) is 0 Å². The van der Waals surface area contributed by atoms with E-state index >= 15 is 0 Å². The van der Waals surface area contributed by atoms with Gasteiger partial charge in [0.25, 0.3) is 0 Å². The Balaban J connectivity index is 1.69. The van der Waals surface area contributed by atoms with Crippen LogP contribution in [0.4, 0.5) is 10.5 Å². The maximum absolute atomic E-state index is 12.5. The molecule has 1 aromatic rings. The number of urea groups is 1. The summed E-state index contributed by atoms with van der Waals surface area (Å²) in [7, 11) is 0. The SMILES string of the molecule is CSC1CC2CCC(C1)N2C(=O)Nc1cccc(C)c1. The van der Waals surface area contributed by atoms with Crippen LogP contribution in [-0.4, -0.2) is 34.5 Å². The molecule has 20 heavy (non-hydrogen) atoms. The third kappa shape index (κ3) is 2.66. The Hall–Kier alpha value is -1.16. The van der Waals surface area contributed by atoms with Crippen molar-refractivity contribution in [1.82, 2.24) is 4.90 Å². The molecule has 2 amide bonds. The van der Waals surface area contributed by atoms with Crippen LogP contribution in [-0.2, 0) is 0 Å². The molecule has 2 heterocycles. The van der Waals surface area contributed by atoms with Gasteiger partial charge in [-0.05, 0) is 56.6 Å². The second-order valence-electron chi connectivity index (χ2n) is 5.92. The molecule has 108 valence electrons. The van der Waals surface area contributed by atoms with Crippen molar-refractivity contribution in [3.63, 3.8) is 0 Å². The number of carbonyl (C=O) groups excluding carboxylic acids is 1. The first-order valence-electron chi connectivity index (χ1n) is 7.36. The minimum absolute atomic E-state index is 0.0858. The van der Waals surface area contributed by atoms with Crippen molar-refractivity contribution in [2.24, 2.45) is 0 Å². The largest absolute Gasteiger partial charge is 0.322 e. The molecule has 3 nitrogen and oxygen atoms in total. The fourth-order valence-corrected chi connectivity index (χ4v) is 4.39. The van der Waals surface area contributed by atoms with E-state index in [1.165, 1.54) is 18.4 Å². The Labute approximate surface area is 125 Å². The lowest BCUT2D eigenvalue weighted by molar-refractivity contribution is 0.161. The van der Waals surface area contributed by atoms with Crippen molar-refractivity contribution in [1.29, 1.82) is 0 Å². The standard InChI is InChI=1S/C16H22N2OS/c1-11-4-3-5-12(8-11)17-16(19)18-13-6-7-14(18)10-15(9-13)20-2/h3-5,8,13-15H,6-7,9-10H2,1-2H3,(H,17,19). The number of hydrogen-bond donors (Lipinski definition) is 1. The van der Waals surface area contributed by atoms with E-state index in [9.17, 15) is 4.79 Å². The monoisotopic (exact) mass is 290 g/mol. The fourth-order valence-electron chi connectivity index (χ4n) is 3.56. The van der Waals surface area contributed by atoms with Crippen LogP contribution in [0.25, 0.3) is 0 Å². The summed E-state index contributed by atoms with van der Waals surface area (Å²) >= 11 is 1.95. The van der Waals surface area contributed by atoms with Gasteiger partial charge >= 0.3 is 6.03 Å². The molecule has 0 radical (unpaired) electrons. The van der Waals surface area contributed by atoms with Gasteiger partial charge in [0.1, 0.15) is 0 Å². The Morgan fingerprint density at radius 1 is 1.30 bits per heavy atom. The third-order valence-electron chi connectivity index (χ3n) is 4.53. The minimum atomic E-state index is 0.0858. The number of anilines is 1. The molecule has 2 unspecified atom stereocenters. The number of benzene rings is 1. The normalized spacial score (nSPS) is 28.5. The molecule has 1 aromatic carbocycles. The maximum atomic E-state index is 12.5. The number of nitrogens with one attached hydrogen (secondary N) is 1. The molecule has 2 bridgehead atoms. The minimum Gasteiger partial charge on any atom is -0.318 e. The number of carbonyl (C=O) groups is 1. The highest BCUT2D eigenvalue weighted by Gasteiger charge is 2.42. The smallest absolute Gasteiger partial charge is 0.318 e. The molecular formula is C16H22N2OS. The van der Waals surface area contributed by atoms with E-state index in [0.717, 1.165) is 23.8 Å². The predicted octanol–water partition coefficient (Wildman–Crippen LogP) is 3.89. The second kappa shape index (κ2) is 5.68. The topological polar surface area (TPSA) is 32.3 Å². The van der Waals surface area contributed by atoms with Gasteiger partial charge in [-0.25, -0.2) is 4.79 Å². The summed E-state index contributed by atoms with van der Waals surface area (Å²) < 4.78 is 0. The first-order valence-corrected chi connectivity index (χ1v) is 8.65. The fraction of sp³-hybridized carbons (Fsp3) is 0.562. The van der Waals surface area contributed by atoms with Gasteiger partial charge in [-0.15, -0.1) is 0 Å². The molecule has 0 saturated carbocycles. The van der Waals surface area contributed by atoms with Crippen LogP contribution in [0.5, 0.6) is 0 Å². The van der Waals surface area contributed by atoms with E-state index < -0.39 is 0 Å². The highest BCUT2D eigenvalue weighted by molar-refractivity contribution is 7.99. The summed E-state index contributed by atoms with van der Waals surface area (Å²) in [6.07, 6.45) is 6.83. The number of hydrogen-bond acceptors (Lipinski definition) is 2. The van der Waals surface area contributed by atoms with Crippen molar-refractivity contribution in [3.05, 3.63) is 29.8 Å². The summed E-state index contributed by atoms with van der Waals surface area (Å²) in [5, 5.41) is 3.80. The summed E-state index contributed by atoms with van der Waals surface area (Å²) in [6, 6.07) is 8.98. The molecule has 2 aliphatic rings. The van der Waals surface area contributed by atoms with Gasteiger partial charge in [0.2, 0.25) is 0 Å². The Bertz CT molecular complexity index is 491. The summed E-state index contributed by atoms with van der Waals surface area (Å²) in [5.41, 5.74) is 2.08. The number of fused-ring (bicyclic) bond motifs is 2. The van der Waals surface area contributed by atoms with Gasteiger partial charge < -0.3 is 10.2 Å². The van der Waals surface area contributed by atoms with Crippen LogP contribution in [0.3, 0.4) is 0 Å². The molecule has 0 aliphatic carbocycles. The average Bonchev–Trinajstić information content (AvgIpc) is 2.69. The molecule has 2 saturated heterocycles. The average molecular weight is 290 g/mol. The predicted molar refractivity (Wildman–Crippen MR) is 85.4 cm³/mol. The highest BCUT2D eigenvalue weighted by Crippen LogP contribution is 2.39. The first kappa shape index (κ1) is 13.8. The molecular weight excluding hydrogens is 268 g/mol. The number of rotatable bonds is 2. The zero-order valence-corrected chi connectivity index (χ0v) is 13.0. The van der Waals surface area contributed by atoms with Crippen LogP contribution in [0.15, 0.2) is 24.3 Å². The molecule has 0 spiro atoms. The number of piperidine rings is 1. The summed E-state index contributed by atoms with van der Waals surface area (Å²) in [4.78, 5) is 14.6. The second-order valence-corrected chi connectivity index (χ2v) is 7.06. The summed E-state index contributed by atoms with van der Waals surface area (Å²) in [5.74, 6) is 0.